The number of carbonyl (C=O) groups is 2. The predicted molar refractivity (Wildman–Crippen MR) is 47.3 cm³/mol. The second kappa shape index (κ2) is 4.23. The van der Waals surface area contributed by atoms with Crippen molar-refractivity contribution in [2.24, 2.45) is 11.8 Å². The molecule has 1 aliphatic heterocycles. The molecule has 1 atom stereocenters. The summed E-state index contributed by atoms with van der Waals surface area (Å²) in [6.45, 7) is 2.99. The van der Waals surface area contributed by atoms with Crippen molar-refractivity contribution in [2.75, 3.05) is 13.1 Å². The quantitative estimate of drug-likeness (QED) is 0.337. The second-order valence-electron chi connectivity index (χ2n) is 3.39. The van der Waals surface area contributed by atoms with E-state index in [4.69, 9.17) is 5.84 Å². The van der Waals surface area contributed by atoms with Gasteiger partial charge >= 0.3 is 0 Å². The van der Waals surface area contributed by atoms with Gasteiger partial charge in [-0.3, -0.25) is 15.0 Å². The van der Waals surface area contributed by atoms with E-state index in [0.717, 1.165) is 13.0 Å². The van der Waals surface area contributed by atoms with Crippen LogP contribution in [0.15, 0.2) is 0 Å². The number of amides is 2. The Hall–Kier alpha value is -1.10. The Morgan fingerprint density at radius 2 is 2.31 bits per heavy atom. The van der Waals surface area contributed by atoms with Gasteiger partial charge in [-0.2, -0.15) is 0 Å². The number of nitrogens with zero attached hydrogens (tertiary/aromatic N) is 1. The molecule has 1 saturated heterocycles. The van der Waals surface area contributed by atoms with Crippen molar-refractivity contribution in [2.45, 2.75) is 19.8 Å². The molecule has 0 bridgehead atoms. The van der Waals surface area contributed by atoms with Gasteiger partial charge in [0, 0.05) is 26.4 Å². The van der Waals surface area contributed by atoms with Gasteiger partial charge in [0.1, 0.15) is 0 Å². The van der Waals surface area contributed by atoms with Crippen LogP contribution in [0.4, 0.5) is 0 Å². The summed E-state index contributed by atoms with van der Waals surface area (Å²) in [5, 5.41) is 0. The van der Waals surface area contributed by atoms with E-state index in [1.54, 1.807) is 11.8 Å². The van der Waals surface area contributed by atoms with Gasteiger partial charge in [-0.25, -0.2) is 5.84 Å². The van der Waals surface area contributed by atoms with Crippen molar-refractivity contribution in [3.63, 3.8) is 0 Å². The first-order chi connectivity index (χ1) is 6.13. The standard InChI is InChI=1S/C8H15N3O2/c1-6(12)11-3-2-7(5-11)4-8(13)10-9/h7H,2-5,9H2,1H3,(H,10,13). The van der Waals surface area contributed by atoms with E-state index in [1.165, 1.54) is 0 Å². The fourth-order valence-electron chi connectivity index (χ4n) is 1.61. The summed E-state index contributed by atoms with van der Waals surface area (Å²) >= 11 is 0. The summed E-state index contributed by atoms with van der Waals surface area (Å²) in [7, 11) is 0. The summed E-state index contributed by atoms with van der Waals surface area (Å²) in [5.41, 5.74) is 2.09. The normalized spacial score (nSPS) is 21.7. The van der Waals surface area contributed by atoms with E-state index in [9.17, 15) is 9.59 Å². The van der Waals surface area contributed by atoms with Gasteiger partial charge in [0.15, 0.2) is 0 Å². The Morgan fingerprint density at radius 1 is 1.62 bits per heavy atom. The minimum Gasteiger partial charge on any atom is -0.343 e. The van der Waals surface area contributed by atoms with E-state index >= 15 is 0 Å². The van der Waals surface area contributed by atoms with E-state index in [0.29, 0.717) is 13.0 Å². The largest absolute Gasteiger partial charge is 0.343 e. The lowest BCUT2D eigenvalue weighted by Crippen LogP contribution is -2.32. The molecule has 0 radical (unpaired) electrons. The topological polar surface area (TPSA) is 75.4 Å². The number of hydrogen-bond donors (Lipinski definition) is 2. The van der Waals surface area contributed by atoms with Crippen molar-refractivity contribution in [1.82, 2.24) is 10.3 Å². The minimum atomic E-state index is -0.157. The monoisotopic (exact) mass is 185 g/mol. The van der Waals surface area contributed by atoms with Crippen LogP contribution in [0.3, 0.4) is 0 Å². The molecule has 0 aromatic rings. The van der Waals surface area contributed by atoms with Gasteiger partial charge in [-0.15, -0.1) is 0 Å². The van der Waals surface area contributed by atoms with Crippen LogP contribution in [0.5, 0.6) is 0 Å². The molecule has 1 heterocycles. The minimum absolute atomic E-state index is 0.0793. The van der Waals surface area contributed by atoms with Crippen LogP contribution in [0, 0.1) is 5.92 Å². The highest BCUT2D eigenvalue weighted by molar-refractivity contribution is 5.76. The van der Waals surface area contributed by atoms with Crippen LogP contribution in [-0.2, 0) is 9.59 Å². The highest BCUT2D eigenvalue weighted by atomic mass is 16.2. The highest BCUT2D eigenvalue weighted by Gasteiger charge is 2.25. The smallest absolute Gasteiger partial charge is 0.234 e. The Labute approximate surface area is 77.2 Å². The number of likely N-dealkylation sites (tertiary alicyclic amines) is 1. The van der Waals surface area contributed by atoms with Crippen molar-refractivity contribution < 1.29 is 9.59 Å². The number of nitrogens with one attached hydrogen (secondary N) is 1. The molecule has 13 heavy (non-hydrogen) atoms. The summed E-state index contributed by atoms with van der Waals surface area (Å²) in [6.07, 6.45) is 1.31. The SMILES string of the molecule is CC(=O)N1CCC(CC(=O)NN)C1. The maximum absolute atomic E-state index is 10.9. The molecule has 2 amide bonds. The Bertz CT molecular complexity index is 217. The van der Waals surface area contributed by atoms with Crippen LogP contribution < -0.4 is 11.3 Å². The van der Waals surface area contributed by atoms with E-state index in [2.05, 4.69) is 5.43 Å². The van der Waals surface area contributed by atoms with Gasteiger partial charge in [0.05, 0.1) is 0 Å². The highest BCUT2D eigenvalue weighted by Crippen LogP contribution is 2.18. The van der Waals surface area contributed by atoms with Crippen molar-refractivity contribution in [1.29, 1.82) is 0 Å². The van der Waals surface area contributed by atoms with Gasteiger partial charge in [-0.1, -0.05) is 0 Å². The maximum atomic E-state index is 10.9. The van der Waals surface area contributed by atoms with Gasteiger partial charge in [0.2, 0.25) is 11.8 Å². The predicted octanol–water partition coefficient (Wildman–Crippen LogP) is -0.765. The summed E-state index contributed by atoms with van der Waals surface area (Å²) in [5.74, 6) is 5.16. The van der Waals surface area contributed by atoms with E-state index < -0.39 is 0 Å². The zero-order chi connectivity index (χ0) is 9.84. The van der Waals surface area contributed by atoms with Gasteiger partial charge in [0.25, 0.3) is 0 Å². The molecular formula is C8H15N3O2. The molecule has 3 N–H and O–H groups in total. The van der Waals surface area contributed by atoms with Crippen molar-refractivity contribution in [3.8, 4) is 0 Å². The van der Waals surface area contributed by atoms with Crippen LogP contribution >= 0.6 is 0 Å². The Balaban J connectivity index is 2.33. The lowest BCUT2D eigenvalue weighted by atomic mass is 10.1. The molecule has 0 aromatic carbocycles. The Morgan fingerprint density at radius 3 is 2.77 bits per heavy atom. The first kappa shape index (κ1) is 9.98. The molecule has 1 aliphatic rings. The molecule has 0 aromatic heterocycles. The molecule has 0 saturated carbocycles. The molecule has 0 aliphatic carbocycles. The number of hydrazine groups is 1. The number of carbonyl (C=O) groups excluding carboxylic acids is 2. The fraction of sp³-hybridized carbons (Fsp3) is 0.750. The van der Waals surface area contributed by atoms with Crippen molar-refractivity contribution in [3.05, 3.63) is 0 Å². The molecule has 5 nitrogen and oxygen atoms in total. The average Bonchev–Trinajstić information content (AvgIpc) is 2.52. The molecule has 1 fully saturated rings. The van der Waals surface area contributed by atoms with Crippen molar-refractivity contribution >= 4 is 11.8 Å². The number of nitrogens with two attached hydrogens (primary N) is 1. The third-order valence-electron chi connectivity index (χ3n) is 2.37. The molecule has 74 valence electrons. The third-order valence-corrected chi connectivity index (χ3v) is 2.37. The zero-order valence-electron chi connectivity index (χ0n) is 7.75. The average molecular weight is 185 g/mol. The molecule has 5 heteroatoms. The van der Waals surface area contributed by atoms with Gasteiger partial charge < -0.3 is 4.90 Å². The molecule has 1 unspecified atom stereocenters. The van der Waals surface area contributed by atoms with Crippen LogP contribution in [-0.4, -0.2) is 29.8 Å². The lowest BCUT2D eigenvalue weighted by Gasteiger charge is -2.13. The maximum Gasteiger partial charge on any atom is 0.234 e. The number of hydrogen-bond acceptors (Lipinski definition) is 3. The molecule has 1 rings (SSSR count). The summed E-state index contributed by atoms with van der Waals surface area (Å²) in [4.78, 5) is 23.6. The molecular weight excluding hydrogens is 170 g/mol. The van der Waals surface area contributed by atoms with E-state index in [-0.39, 0.29) is 17.7 Å². The summed E-state index contributed by atoms with van der Waals surface area (Å²) < 4.78 is 0. The fourth-order valence-corrected chi connectivity index (χ4v) is 1.61. The first-order valence-corrected chi connectivity index (χ1v) is 4.38. The zero-order valence-corrected chi connectivity index (χ0v) is 7.75. The second-order valence-corrected chi connectivity index (χ2v) is 3.39. The van der Waals surface area contributed by atoms with Gasteiger partial charge in [-0.05, 0) is 12.3 Å². The van der Waals surface area contributed by atoms with E-state index in [1.807, 2.05) is 0 Å². The lowest BCUT2D eigenvalue weighted by molar-refractivity contribution is -0.128. The molecule has 0 spiro atoms. The van der Waals surface area contributed by atoms with Crippen LogP contribution in [0.1, 0.15) is 19.8 Å². The Kier molecular flexibility index (Phi) is 3.25. The third kappa shape index (κ3) is 2.69. The number of rotatable bonds is 2. The first-order valence-electron chi connectivity index (χ1n) is 4.38. The summed E-state index contributed by atoms with van der Waals surface area (Å²) in [6, 6.07) is 0. The van der Waals surface area contributed by atoms with Crippen LogP contribution in [0.25, 0.3) is 0 Å². The van der Waals surface area contributed by atoms with Crippen LogP contribution in [0.2, 0.25) is 0 Å².